The summed E-state index contributed by atoms with van der Waals surface area (Å²) in [7, 11) is 1.33. The molecule has 0 aliphatic heterocycles. The molecule has 0 atom stereocenters. The monoisotopic (exact) mass is 234 g/mol. The van der Waals surface area contributed by atoms with E-state index in [2.05, 4.69) is 15.6 Å². The van der Waals surface area contributed by atoms with Crippen molar-refractivity contribution < 1.29 is 29.4 Å². The molecule has 4 N–H and O–H groups in total. The highest BCUT2D eigenvalue weighted by molar-refractivity contribution is 6.18. The van der Waals surface area contributed by atoms with Gasteiger partial charge in [0.15, 0.2) is 0 Å². The van der Waals surface area contributed by atoms with Gasteiger partial charge in [0, 0.05) is 13.6 Å². The first-order chi connectivity index (χ1) is 7.43. The summed E-state index contributed by atoms with van der Waals surface area (Å²) in [6, 6.07) is 0. The molecule has 0 rings (SSSR count). The van der Waals surface area contributed by atoms with Crippen LogP contribution in [-0.2, 0) is 19.2 Å². The first kappa shape index (κ1) is 14.3. The standard InChI is InChI=1S/C8H14N2O6/c1-3-10-5(11)8(6(12)13,7(14)15)4-16-9-2/h9H,3-4H2,1-2H3,(H,10,11)(H,12,13)(H,14,15). The predicted molar refractivity (Wildman–Crippen MR) is 51.4 cm³/mol. The van der Waals surface area contributed by atoms with Crippen molar-refractivity contribution in [1.29, 1.82) is 0 Å². The number of aliphatic carboxylic acids is 2. The average Bonchev–Trinajstić information content (AvgIpc) is 2.18. The van der Waals surface area contributed by atoms with Gasteiger partial charge in [0.1, 0.15) is 6.61 Å². The van der Waals surface area contributed by atoms with E-state index in [1.807, 2.05) is 0 Å². The summed E-state index contributed by atoms with van der Waals surface area (Å²) in [5.41, 5.74) is -0.517. The van der Waals surface area contributed by atoms with E-state index >= 15 is 0 Å². The van der Waals surface area contributed by atoms with Crippen molar-refractivity contribution in [3.8, 4) is 0 Å². The van der Waals surface area contributed by atoms with Crippen molar-refractivity contribution in [1.82, 2.24) is 10.8 Å². The smallest absolute Gasteiger partial charge is 0.333 e. The quantitative estimate of drug-likeness (QED) is 0.309. The number of amides is 1. The van der Waals surface area contributed by atoms with Crippen molar-refractivity contribution in [2.24, 2.45) is 5.41 Å². The molecule has 0 aromatic carbocycles. The van der Waals surface area contributed by atoms with Gasteiger partial charge in [-0.2, -0.15) is 0 Å². The number of nitrogens with one attached hydrogen (secondary N) is 2. The summed E-state index contributed by atoms with van der Waals surface area (Å²) < 4.78 is 0. The topological polar surface area (TPSA) is 125 Å². The molecule has 0 unspecified atom stereocenters. The van der Waals surface area contributed by atoms with Crippen molar-refractivity contribution in [3.63, 3.8) is 0 Å². The van der Waals surface area contributed by atoms with Crippen LogP contribution in [0.5, 0.6) is 0 Å². The Labute approximate surface area is 91.5 Å². The zero-order chi connectivity index (χ0) is 12.8. The van der Waals surface area contributed by atoms with Crippen LogP contribution in [0.15, 0.2) is 0 Å². The molecule has 0 saturated heterocycles. The molecular weight excluding hydrogens is 220 g/mol. The molecule has 92 valence electrons. The third kappa shape index (κ3) is 2.67. The zero-order valence-corrected chi connectivity index (χ0v) is 8.94. The van der Waals surface area contributed by atoms with Gasteiger partial charge in [0.25, 0.3) is 11.3 Å². The molecule has 0 saturated carbocycles. The fourth-order valence-corrected chi connectivity index (χ4v) is 0.967. The summed E-state index contributed by atoms with van der Waals surface area (Å²) in [6.07, 6.45) is 0. The van der Waals surface area contributed by atoms with E-state index < -0.39 is 29.9 Å². The molecule has 0 aromatic rings. The molecule has 8 heteroatoms. The first-order valence-electron chi connectivity index (χ1n) is 4.47. The van der Waals surface area contributed by atoms with E-state index in [1.54, 1.807) is 6.92 Å². The van der Waals surface area contributed by atoms with E-state index in [9.17, 15) is 14.4 Å². The van der Waals surface area contributed by atoms with E-state index in [0.29, 0.717) is 0 Å². The summed E-state index contributed by atoms with van der Waals surface area (Å²) in [5, 5.41) is 19.9. The maximum Gasteiger partial charge on any atom is 0.333 e. The molecule has 0 radical (unpaired) electrons. The van der Waals surface area contributed by atoms with Crippen LogP contribution < -0.4 is 10.8 Å². The molecule has 0 fully saturated rings. The number of hydrogen-bond acceptors (Lipinski definition) is 5. The molecule has 0 spiro atoms. The third-order valence-corrected chi connectivity index (χ3v) is 1.89. The Morgan fingerprint density at radius 1 is 1.25 bits per heavy atom. The lowest BCUT2D eigenvalue weighted by Gasteiger charge is -2.22. The van der Waals surface area contributed by atoms with Crippen LogP contribution in [-0.4, -0.2) is 48.3 Å². The molecular formula is C8H14N2O6. The second-order valence-electron chi connectivity index (χ2n) is 2.87. The Morgan fingerprint density at radius 3 is 2.06 bits per heavy atom. The van der Waals surface area contributed by atoms with Crippen molar-refractivity contribution >= 4 is 17.8 Å². The minimum absolute atomic E-state index is 0.126. The Balaban J connectivity index is 5.17. The fraction of sp³-hybridized carbons (Fsp3) is 0.625. The van der Waals surface area contributed by atoms with E-state index in [-0.39, 0.29) is 6.54 Å². The Morgan fingerprint density at radius 2 is 1.75 bits per heavy atom. The normalized spacial score (nSPS) is 10.9. The number of carboxylic acid groups (broad SMARTS) is 2. The average molecular weight is 234 g/mol. The van der Waals surface area contributed by atoms with Crippen LogP contribution in [0.4, 0.5) is 0 Å². The van der Waals surface area contributed by atoms with E-state index in [0.717, 1.165) is 0 Å². The molecule has 0 heterocycles. The van der Waals surface area contributed by atoms with Gasteiger partial charge in [-0.15, -0.1) is 0 Å². The highest BCUT2D eigenvalue weighted by Crippen LogP contribution is 2.19. The van der Waals surface area contributed by atoms with Gasteiger partial charge in [-0.3, -0.25) is 19.2 Å². The minimum atomic E-state index is -2.64. The van der Waals surface area contributed by atoms with Gasteiger partial charge in [-0.1, -0.05) is 0 Å². The largest absolute Gasteiger partial charge is 0.480 e. The third-order valence-electron chi connectivity index (χ3n) is 1.89. The zero-order valence-electron chi connectivity index (χ0n) is 8.94. The second kappa shape index (κ2) is 6.03. The predicted octanol–water partition coefficient (Wildman–Crippen LogP) is -1.57. The minimum Gasteiger partial charge on any atom is -0.480 e. The highest BCUT2D eigenvalue weighted by Gasteiger charge is 2.54. The van der Waals surface area contributed by atoms with Gasteiger partial charge in [0.05, 0.1) is 0 Å². The number of carbonyl (C=O) groups is 3. The number of carboxylic acids is 2. The molecule has 16 heavy (non-hydrogen) atoms. The summed E-state index contributed by atoms with van der Waals surface area (Å²) in [6.45, 7) is 0.867. The van der Waals surface area contributed by atoms with Crippen LogP contribution in [0.2, 0.25) is 0 Å². The lowest BCUT2D eigenvalue weighted by atomic mass is 9.88. The molecule has 0 bridgehead atoms. The Bertz CT molecular complexity index is 276. The van der Waals surface area contributed by atoms with Gasteiger partial charge >= 0.3 is 11.9 Å². The maximum atomic E-state index is 11.5. The number of hydroxylamine groups is 1. The Hall–Kier alpha value is -1.67. The first-order valence-corrected chi connectivity index (χ1v) is 4.47. The lowest BCUT2D eigenvalue weighted by molar-refractivity contribution is -0.175. The molecule has 8 nitrogen and oxygen atoms in total. The van der Waals surface area contributed by atoms with Gasteiger partial charge < -0.3 is 15.5 Å². The highest BCUT2D eigenvalue weighted by atomic mass is 16.6. The number of carbonyl (C=O) groups excluding carboxylic acids is 1. The fourth-order valence-electron chi connectivity index (χ4n) is 0.967. The van der Waals surface area contributed by atoms with Crippen LogP contribution >= 0.6 is 0 Å². The van der Waals surface area contributed by atoms with Crippen LogP contribution in [0.1, 0.15) is 6.92 Å². The van der Waals surface area contributed by atoms with E-state index in [4.69, 9.17) is 10.2 Å². The Kier molecular flexibility index (Phi) is 5.40. The van der Waals surface area contributed by atoms with Crippen LogP contribution in [0.25, 0.3) is 0 Å². The molecule has 0 aliphatic rings. The van der Waals surface area contributed by atoms with E-state index in [1.165, 1.54) is 7.05 Å². The molecule has 1 amide bonds. The van der Waals surface area contributed by atoms with Gasteiger partial charge in [0.2, 0.25) is 0 Å². The van der Waals surface area contributed by atoms with Gasteiger partial charge in [-0.05, 0) is 6.92 Å². The summed E-state index contributed by atoms with van der Waals surface area (Å²) in [4.78, 5) is 37.9. The van der Waals surface area contributed by atoms with Crippen molar-refractivity contribution in [2.75, 3.05) is 20.2 Å². The van der Waals surface area contributed by atoms with Crippen molar-refractivity contribution in [3.05, 3.63) is 0 Å². The van der Waals surface area contributed by atoms with Crippen molar-refractivity contribution in [2.45, 2.75) is 6.92 Å². The molecule has 0 aliphatic carbocycles. The van der Waals surface area contributed by atoms with Gasteiger partial charge in [-0.25, -0.2) is 5.48 Å². The number of rotatable bonds is 7. The van der Waals surface area contributed by atoms with Crippen LogP contribution in [0.3, 0.4) is 0 Å². The maximum absolute atomic E-state index is 11.5. The number of hydrogen-bond donors (Lipinski definition) is 4. The summed E-state index contributed by atoms with van der Waals surface area (Å²) >= 11 is 0. The SMILES string of the molecule is CCNC(=O)C(CONC)(C(=O)O)C(=O)O. The second-order valence-corrected chi connectivity index (χ2v) is 2.87. The van der Waals surface area contributed by atoms with Crippen LogP contribution in [0, 0.1) is 5.41 Å². The summed E-state index contributed by atoms with van der Waals surface area (Å²) in [5.74, 6) is -4.67. The lowest BCUT2D eigenvalue weighted by Crippen LogP contribution is -2.55. The molecule has 0 aromatic heterocycles.